The van der Waals surface area contributed by atoms with Crippen LogP contribution in [0, 0.1) is 11.6 Å². The summed E-state index contributed by atoms with van der Waals surface area (Å²) in [6.07, 6.45) is 3.47. The average Bonchev–Trinajstić information content (AvgIpc) is 3.26. The Morgan fingerprint density at radius 1 is 1.28 bits per heavy atom. The Morgan fingerprint density at radius 2 is 2.16 bits per heavy atom. The average molecular weight is 346 g/mol. The molecule has 1 amide bonds. The Labute approximate surface area is 142 Å². The van der Waals surface area contributed by atoms with Crippen LogP contribution in [-0.2, 0) is 16.1 Å². The maximum atomic E-state index is 13.8. The first-order chi connectivity index (χ1) is 12.1. The number of carbonyl (C=O) groups excluding carboxylic acids is 1. The molecule has 5 nitrogen and oxygen atoms in total. The molecule has 0 saturated carbocycles. The molecule has 1 aromatic heterocycles. The quantitative estimate of drug-likeness (QED) is 0.928. The highest BCUT2D eigenvalue weighted by molar-refractivity contribution is 6.04. The van der Waals surface area contributed by atoms with Crippen LogP contribution >= 0.6 is 0 Å². The number of amides is 1. The van der Waals surface area contributed by atoms with Gasteiger partial charge >= 0.3 is 0 Å². The highest BCUT2D eigenvalue weighted by atomic mass is 19.1. The minimum atomic E-state index is -0.852. The third kappa shape index (κ3) is 3.01. The molecule has 0 radical (unpaired) electrons. The van der Waals surface area contributed by atoms with Crippen molar-refractivity contribution >= 4 is 11.6 Å². The van der Waals surface area contributed by atoms with Gasteiger partial charge in [0.2, 0.25) is 6.10 Å². The normalized spacial score (nSPS) is 22.1. The fraction of sp³-hybridized carbons (Fsp3) is 0.333. The monoisotopic (exact) mass is 346 g/mol. The summed E-state index contributed by atoms with van der Waals surface area (Å²) in [5, 5.41) is 6.70. The van der Waals surface area contributed by atoms with Crippen LogP contribution in [0.15, 0.2) is 40.1 Å². The first-order valence-electron chi connectivity index (χ1n) is 8.16. The molecule has 2 atom stereocenters. The van der Waals surface area contributed by atoms with Gasteiger partial charge in [0.25, 0.3) is 5.91 Å². The van der Waals surface area contributed by atoms with Gasteiger partial charge in [0.05, 0.1) is 18.0 Å². The highest BCUT2D eigenvalue weighted by Gasteiger charge is 2.33. The lowest BCUT2D eigenvalue weighted by atomic mass is 9.93. The van der Waals surface area contributed by atoms with Crippen LogP contribution in [0.4, 0.5) is 8.78 Å². The van der Waals surface area contributed by atoms with Crippen molar-refractivity contribution in [1.82, 2.24) is 5.32 Å². The topological polar surface area (TPSA) is 63.8 Å². The summed E-state index contributed by atoms with van der Waals surface area (Å²) >= 11 is 0. The van der Waals surface area contributed by atoms with Crippen molar-refractivity contribution in [1.29, 1.82) is 0 Å². The van der Waals surface area contributed by atoms with Crippen molar-refractivity contribution in [3.05, 3.63) is 59.1 Å². The number of oxime groups is 1. The van der Waals surface area contributed by atoms with Gasteiger partial charge in [-0.2, -0.15) is 0 Å². The van der Waals surface area contributed by atoms with Crippen LogP contribution in [0.25, 0.3) is 0 Å². The Hall–Kier alpha value is -2.70. The molecule has 1 aromatic carbocycles. The fourth-order valence-corrected chi connectivity index (χ4v) is 3.30. The number of halogens is 2. The van der Waals surface area contributed by atoms with E-state index in [9.17, 15) is 13.6 Å². The third-order valence-electron chi connectivity index (χ3n) is 4.57. The van der Waals surface area contributed by atoms with Crippen molar-refractivity contribution in [2.75, 3.05) is 0 Å². The number of nitrogens with one attached hydrogen (secondary N) is 1. The molecule has 0 spiro atoms. The molecule has 25 heavy (non-hydrogen) atoms. The number of aryl methyl sites for hydroxylation is 1. The predicted molar refractivity (Wildman–Crippen MR) is 84.9 cm³/mol. The van der Waals surface area contributed by atoms with E-state index in [2.05, 4.69) is 10.5 Å². The van der Waals surface area contributed by atoms with Gasteiger partial charge < -0.3 is 14.6 Å². The minimum Gasteiger partial charge on any atom is -0.469 e. The minimum absolute atomic E-state index is 0.0186. The summed E-state index contributed by atoms with van der Waals surface area (Å²) in [6, 6.07) is 4.84. The first kappa shape index (κ1) is 15.8. The molecule has 0 unspecified atom stereocenters. The molecule has 0 bridgehead atoms. The molecule has 1 N–H and O–H groups in total. The maximum absolute atomic E-state index is 13.8. The Morgan fingerprint density at radius 3 is 3.04 bits per heavy atom. The van der Waals surface area contributed by atoms with Gasteiger partial charge in [0, 0.05) is 24.0 Å². The van der Waals surface area contributed by atoms with Gasteiger partial charge in [-0.3, -0.25) is 4.79 Å². The zero-order valence-electron chi connectivity index (χ0n) is 13.3. The number of rotatable bonds is 3. The number of nitrogens with zero attached hydrogens (tertiary/aromatic N) is 1. The Bertz CT molecular complexity index is 847. The van der Waals surface area contributed by atoms with Crippen LogP contribution in [0.5, 0.6) is 0 Å². The van der Waals surface area contributed by atoms with Crippen molar-refractivity contribution in [2.45, 2.75) is 37.8 Å². The summed E-state index contributed by atoms with van der Waals surface area (Å²) in [6.45, 7) is 0. The lowest BCUT2D eigenvalue weighted by Gasteiger charge is -2.23. The van der Waals surface area contributed by atoms with Gasteiger partial charge in [-0.15, -0.1) is 0 Å². The van der Waals surface area contributed by atoms with E-state index in [4.69, 9.17) is 9.25 Å². The second kappa shape index (κ2) is 6.31. The van der Waals surface area contributed by atoms with Crippen LogP contribution < -0.4 is 5.32 Å². The number of hydrogen-bond donors (Lipinski definition) is 1. The zero-order valence-corrected chi connectivity index (χ0v) is 13.3. The van der Waals surface area contributed by atoms with Gasteiger partial charge in [-0.05, 0) is 37.1 Å². The molecular formula is C18H16F2N2O3. The van der Waals surface area contributed by atoms with Crippen LogP contribution in [0.3, 0.4) is 0 Å². The Kier molecular flexibility index (Phi) is 3.99. The van der Waals surface area contributed by atoms with Crippen molar-refractivity contribution in [3.63, 3.8) is 0 Å². The molecule has 0 fully saturated rings. The summed E-state index contributed by atoms with van der Waals surface area (Å²) in [4.78, 5) is 17.6. The smallest absolute Gasteiger partial charge is 0.264 e. The Balaban J connectivity index is 1.43. The fourth-order valence-electron chi connectivity index (χ4n) is 3.30. The number of benzene rings is 1. The standard InChI is InChI=1S/C18H16F2N2O3/c19-10-4-5-13(20)12(8-10)15-9-17(25-22-15)18(23)21-14-2-1-3-16-11(14)6-7-24-16/h4-8,14,17H,1-3,9H2,(H,21,23)/t14-,17+/m1/s1. The molecule has 2 aliphatic rings. The van der Waals surface area contributed by atoms with E-state index in [1.54, 1.807) is 6.26 Å². The summed E-state index contributed by atoms with van der Waals surface area (Å²) in [7, 11) is 0. The molecule has 1 aliphatic heterocycles. The molecular weight excluding hydrogens is 330 g/mol. The van der Waals surface area contributed by atoms with E-state index in [0.717, 1.165) is 48.8 Å². The summed E-state index contributed by atoms with van der Waals surface area (Å²) < 4.78 is 32.6. The summed E-state index contributed by atoms with van der Waals surface area (Å²) in [5.41, 5.74) is 1.23. The van der Waals surface area contributed by atoms with E-state index in [1.165, 1.54) is 0 Å². The highest BCUT2D eigenvalue weighted by Crippen LogP contribution is 2.31. The largest absolute Gasteiger partial charge is 0.469 e. The van der Waals surface area contributed by atoms with Crippen molar-refractivity contribution in [2.24, 2.45) is 5.16 Å². The second-order valence-electron chi connectivity index (χ2n) is 6.21. The van der Waals surface area contributed by atoms with E-state index in [1.807, 2.05) is 6.07 Å². The number of fused-ring (bicyclic) bond motifs is 1. The molecule has 2 heterocycles. The lowest BCUT2D eigenvalue weighted by Crippen LogP contribution is -2.38. The first-order valence-corrected chi connectivity index (χ1v) is 8.16. The SMILES string of the molecule is O=C(N[C@@H]1CCCc2occc21)[C@@H]1CC(c2cc(F)ccc2F)=NO1. The maximum Gasteiger partial charge on any atom is 0.264 e. The lowest BCUT2D eigenvalue weighted by molar-refractivity contribution is -0.132. The number of furan rings is 1. The molecule has 7 heteroatoms. The van der Waals surface area contributed by atoms with Gasteiger partial charge in [0.1, 0.15) is 17.4 Å². The third-order valence-corrected chi connectivity index (χ3v) is 4.57. The second-order valence-corrected chi connectivity index (χ2v) is 6.21. The van der Waals surface area contributed by atoms with E-state index in [-0.39, 0.29) is 29.6 Å². The molecule has 4 rings (SSSR count). The van der Waals surface area contributed by atoms with E-state index >= 15 is 0 Å². The molecule has 2 aromatic rings. The zero-order chi connectivity index (χ0) is 17.4. The van der Waals surface area contributed by atoms with Crippen LogP contribution in [0.1, 0.15) is 42.2 Å². The molecule has 1 aliphatic carbocycles. The van der Waals surface area contributed by atoms with Gasteiger partial charge in [-0.1, -0.05) is 5.16 Å². The summed E-state index contributed by atoms with van der Waals surface area (Å²) in [5.74, 6) is -0.598. The van der Waals surface area contributed by atoms with Gasteiger partial charge in [0.15, 0.2) is 0 Å². The van der Waals surface area contributed by atoms with E-state index in [0.29, 0.717) is 0 Å². The van der Waals surface area contributed by atoms with Crippen LogP contribution in [0.2, 0.25) is 0 Å². The van der Waals surface area contributed by atoms with Crippen LogP contribution in [-0.4, -0.2) is 17.7 Å². The molecule has 130 valence electrons. The number of carbonyl (C=O) groups is 1. The van der Waals surface area contributed by atoms with Crippen molar-refractivity contribution in [3.8, 4) is 0 Å². The predicted octanol–water partition coefficient (Wildman–Crippen LogP) is 3.24. The number of hydrogen-bond acceptors (Lipinski definition) is 4. The van der Waals surface area contributed by atoms with Gasteiger partial charge in [-0.25, -0.2) is 8.78 Å². The van der Waals surface area contributed by atoms with E-state index < -0.39 is 17.7 Å². The van der Waals surface area contributed by atoms with Crippen molar-refractivity contribution < 1.29 is 22.8 Å². The molecule has 0 saturated heterocycles.